The largest absolute Gasteiger partial charge is 0.496 e. The third-order valence-electron chi connectivity index (χ3n) is 4.77. The number of nitrogens with zero attached hydrogens (tertiary/aromatic N) is 4. The van der Waals surface area contributed by atoms with Crippen LogP contribution in [0.4, 0.5) is 8.78 Å². The highest BCUT2D eigenvalue weighted by Crippen LogP contribution is 2.32. The highest BCUT2D eigenvalue weighted by atomic mass is 19.2. The molecule has 8 heteroatoms. The highest BCUT2D eigenvalue weighted by Gasteiger charge is 2.36. The summed E-state index contributed by atoms with van der Waals surface area (Å²) in [7, 11) is 1.46. The summed E-state index contributed by atoms with van der Waals surface area (Å²) in [6.45, 7) is 2.12. The first-order valence-electron chi connectivity index (χ1n) is 7.91. The van der Waals surface area contributed by atoms with Crippen molar-refractivity contribution in [1.82, 2.24) is 19.9 Å². The summed E-state index contributed by atoms with van der Waals surface area (Å²) in [6.07, 6.45) is 2.51. The minimum Gasteiger partial charge on any atom is -0.496 e. The number of methoxy groups -OCH3 is 1. The van der Waals surface area contributed by atoms with E-state index in [1.807, 2.05) is 4.68 Å². The van der Waals surface area contributed by atoms with Crippen LogP contribution in [0.3, 0.4) is 0 Å². The second-order valence-electron chi connectivity index (χ2n) is 6.15. The minimum absolute atomic E-state index is 0.0319. The van der Waals surface area contributed by atoms with E-state index in [9.17, 15) is 8.78 Å². The van der Waals surface area contributed by atoms with Crippen molar-refractivity contribution in [2.75, 3.05) is 20.2 Å². The van der Waals surface area contributed by atoms with Gasteiger partial charge in [0.1, 0.15) is 5.75 Å². The van der Waals surface area contributed by atoms with Gasteiger partial charge in [-0.15, -0.1) is 5.10 Å². The van der Waals surface area contributed by atoms with E-state index in [-0.39, 0.29) is 24.3 Å². The Labute approximate surface area is 138 Å². The molecule has 24 heavy (non-hydrogen) atoms. The number of aromatic nitrogens is 3. The van der Waals surface area contributed by atoms with Crippen molar-refractivity contribution in [2.45, 2.75) is 31.7 Å². The molecule has 6 nitrogen and oxygen atoms in total. The van der Waals surface area contributed by atoms with Crippen LogP contribution in [0.5, 0.6) is 5.75 Å². The molecule has 128 valence electrons. The monoisotopic (exact) mass is 336 g/mol. The summed E-state index contributed by atoms with van der Waals surface area (Å²) >= 11 is 0. The topological polar surface area (TPSA) is 52.4 Å². The van der Waals surface area contributed by atoms with Crippen molar-refractivity contribution in [2.24, 2.45) is 0 Å². The molecule has 0 aliphatic carbocycles. The van der Waals surface area contributed by atoms with Gasteiger partial charge in [-0.2, -0.15) is 0 Å². The molecule has 4 rings (SSSR count). The number of hydrogen-bond acceptors (Lipinski definition) is 5. The van der Waals surface area contributed by atoms with Crippen LogP contribution in [-0.2, 0) is 17.9 Å². The van der Waals surface area contributed by atoms with Crippen LogP contribution in [0.15, 0.2) is 18.3 Å². The molecular weight excluding hydrogens is 318 g/mol. The molecular formula is C16H18F2N4O2. The maximum atomic E-state index is 14.2. The summed E-state index contributed by atoms with van der Waals surface area (Å²) in [6, 6.07) is 2.69. The average Bonchev–Trinajstić information content (AvgIpc) is 3.08. The van der Waals surface area contributed by atoms with Gasteiger partial charge >= 0.3 is 0 Å². The highest BCUT2D eigenvalue weighted by molar-refractivity contribution is 5.35. The number of fused-ring (bicyclic) bond motifs is 3. The molecule has 2 aromatic rings. The van der Waals surface area contributed by atoms with Gasteiger partial charge in [0.25, 0.3) is 0 Å². The normalized spacial score (nSPS) is 23.6. The molecule has 2 atom stereocenters. The fourth-order valence-corrected chi connectivity index (χ4v) is 3.53. The summed E-state index contributed by atoms with van der Waals surface area (Å²) < 4.78 is 40.7. The second-order valence-corrected chi connectivity index (χ2v) is 6.15. The zero-order valence-corrected chi connectivity index (χ0v) is 13.3. The Bertz CT molecular complexity index is 752. The number of benzene rings is 1. The smallest absolute Gasteiger partial charge is 0.167 e. The maximum Gasteiger partial charge on any atom is 0.167 e. The molecule has 1 fully saturated rings. The number of ether oxygens (including phenoxy) is 2. The fourth-order valence-electron chi connectivity index (χ4n) is 3.53. The lowest BCUT2D eigenvalue weighted by atomic mass is 9.99. The third kappa shape index (κ3) is 2.55. The van der Waals surface area contributed by atoms with Gasteiger partial charge in [0.2, 0.25) is 0 Å². The number of likely N-dealkylation sites (tertiary alicyclic amines) is 1. The average molecular weight is 336 g/mol. The van der Waals surface area contributed by atoms with Gasteiger partial charge in [0.15, 0.2) is 11.6 Å². The van der Waals surface area contributed by atoms with Gasteiger partial charge in [-0.05, 0) is 18.6 Å². The van der Waals surface area contributed by atoms with Crippen LogP contribution >= 0.6 is 0 Å². The van der Waals surface area contributed by atoms with E-state index in [2.05, 4.69) is 15.2 Å². The molecule has 2 aliphatic rings. The molecule has 1 aromatic carbocycles. The van der Waals surface area contributed by atoms with E-state index >= 15 is 0 Å². The molecule has 0 amide bonds. The molecule has 0 N–H and O–H groups in total. The molecule has 0 radical (unpaired) electrons. The molecule has 0 saturated carbocycles. The SMILES string of the molecule is COc1ccc(F)c(F)c1CN1CC[C@H]2[C@H](C1)OCc1cnnn12. The molecule has 0 spiro atoms. The summed E-state index contributed by atoms with van der Waals surface area (Å²) in [5.41, 5.74) is 1.22. The number of hydrogen-bond donors (Lipinski definition) is 0. The quantitative estimate of drug-likeness (QED) is 0.857. The molecule has 1 saturated heterocycles. The predicted molar refractivity (Wildman–Crippen MR) is 80.4 cm³/mol. The van der Waals surface area contributed by atoms with Crippen molar-refractivity contribution in [3.8, 4) is 5.75 Å². The number of piperidine rings is 1. The van der Waals surface area contributed by atoms with Gasteiger partial charge in [-0.3, -0.25) is 4.90 Å². The fraction of sp³-hybridized carbons (Fsp3) is 0.500. The zero-order chi connectivity index (χ0) is 16.7. The van der Waals surface area contributed by atoms with Crippen LogP contribution < -0.4 is 4.74 Å². The first kappa shape index (κ1) is 15.5. The Kier molecular flexibility index (Phi) is 3.93. The number of rotatable bonds is 3. The molecule has 1 aromatic heterocycles. The van der Waals surface area contributed by atoms with Crippen LogP contribution in [0.25, 0.3) is 0 Å². The first-order valence-corrected chi connectivity index (χ1v) is 7.91. The number of halogens is 2. The van der Waals surface area contributed by atoms with Gasteiger partial charge in [-0.25, -0.2) is 13.5 Å². The Morgan fingerprint density at radius 3 is 3.08 bits per heavy atom. The Balaban J connectivity index is 1.52. The van der Waals surface area contributed by atoms with Gasteiger partial charge in [0, 0.05) is 25.2 Å². The summed E-state index contributed by atoms with van der Waals surface area (Å²) in [5.74, 6) is -1.35. The van der Waals surface area contributed by atoms with Gasteiger partial charge in [-0.1, -0.05) is 5.21 Å². The summed E-state index contributed by atoms with van der Waals surface area (Å²) in [5, 5.41) is 8.08. The van der Waals surface area contributed by atoms with E-state index in [4.69, 9.17) is 9.47 Å². The molecule has 0 bridgehead atoms. The van der Waals surface area contributed by atoms with Gasteiger partial charge < -0.3 is 9.47 Å². The van der Waals surface area contributed by atoms with Crippen LogP contribution in [0, 0.1) is 11.6 Å². The predicted octanol–water partition coefficient (Wildman–Crippen LogP) is 1.91. The molecule has 2 aliphatic heterocycles. The lowest BCUT2D eigenvalue weighted by Crippen LogP contribution is -2.48. The van der Waals surface area contributed by atoms with Crippen molar-refractivity contribution in [3.05, 3.63) is 41.2 Å². The Morgan fingerprint density at radius 1 is 1.38 bits per heavy atom. The van der Waals surface area contributed by atoms with Crippen molar-refractivity contribution in [1.29, 1.82) is 0 Å². The zero-order valence-electron chi connectivity index (χ0n) is 13.3. The summed E-state index contributed by atoms with van der Waals surface area (Å²) in [4.78, 5) is 2.06. The molecule has 3 heterocycles. The van der Waals surface area contributed by atoms with E-state index in [0.29, 0.717) is 18.9 Å². The van der Waals surface area contributed by atoms with Crippen LogP contribution in [0.1, 0.15) is 23.7 Å². The van der Waals surface area contributed by atoms with Crippen molar-refractivity contribution in [3.63, 3.8) is 0 Å². The lowest BCUT2D eigenvalue weighted by molar-refractivity contribution is -0.0706. The standard InChI is InChI=1S/C16H18F2N4O2/c1-23-14-3-2-12(17)16(18)11(14)7-21-5-4-13-15(8-21)24-9-10-6-19-20-22(10)13/h2-3,6,13,15H,4-5,7-9H2,1H3/t13-,15-/m0/s1. The second kappa shape index (κ2) is 6.10. The molecule has 0 unspecified atom stereocenters. The Morgan fingerprint density at radius 2 is 2.25 bits per heavy atom. The first-order chi connectivity index (χ1) is 11.7. The maximum absolute atomic E-state index is 14.2. The van der Waals surface area contributed by atoms with Crippen LogP contribution in [-0.4, -0.2) is 46.2 Å². The van der Waals surface area contributed by atoms with Crippen molar-refractivity contribution >= 4 is 0 Å². The lowest BCUT2D eigenvalue weighted by Gasteiger charge is -2.41. The van der Waals surface area contributed by atoms with E-state index in [0.717, 1.165) is 24.7 Å². The van der Waals surface area contributed by atoms with Crippen molar-refractivity contribution < 1.29 is 18.3 Å². The van der Waals surface area contributed by atoms with Crippen LogP contribution in [0.2, 0.25) is 0 Å². The Hall–Kier alpha value is -2.06. The minimum atomic E-state index is -0.859. The third-order valence-corrected chi connectivity index (χ3v) is 4.77. The van der Waals surface area contributed by atoms with E-state index in [1.165, 1.54) is 13.2 Å². The van der Waals surface area contributed by atoms with Gasteiger partial charge in [0.05, 0.1) is 37.8 Å². The van der Waals surface area contributed by atoms with E-state index < -0.39 is 11.6 Å². The van der Waals surface area contributed by atoms with E-state index in [1.54, 1.807) is 6.20 Å².